The molecule has 1 N–H and O–H groups in total. The van der Waals surface area contributed by atoms with Gasteiger partial charge in [0, 0.05) is 30.8 Å². The number of carbonyl (C=O) groups excluding carboxylic acids is 1. The van der Waals surface area contributed by atoms with Crippen LogP contribution in [0.3, 0.4) is 0 Å². The van der Waals surface area contributed by atoms with E-state index >= 15 is 0 Å². The Hall–Kier alpha value is -1.78. The van der Waals surface area contributed by atoms with Gasteiger partial charge in [-0.2, -0.15) is 0 Å². The summed E-state index contributed by atoms with van der Waals surface area (Å²) in [6, 6.07) is 0. The monoisotopic (exact) mass is 220 g/mol. The Bertz CT molecular complexity index is 406. The van der Waals surface area contributed by atoms with Crippen molar-refractivity contribution in [3.05, 3.63) is 24.3 Å². The molecule has 0 amide bonds. The molecule has 0 spiro atoms. The molecule has 0 atom stereocenters. The molecule has 5 heteroatoms. The first-order chi connectivity index (χ1) is 7.65. The van der Waals surface area contributed by atoms with Gasteiger partial charge in [0.1, 0.15) is 12.1 Å². The highest BCUT2D eigenvalue weighted by atomic mass is 16.4. The number of rotatable bonds is 2. The minimum atomic E-state index is -0.977. The lowest BCUT2D eigenvalue weighted by Crippen LogP contribution is -2.40. The molecule has 1 fully saturated rings. The highest BCUT2D eigenvalue weighted by Crippen LogP contribution is 2.37. The number of nitrogens with zero attached hydrogens (tertiary/aromatic N) is 2. The van der Waals surface area contributed by atoms with E-state index in [-0.39, 0.29) is 5.78 Å². The Morgan fingerprint density at radius 2 is 1.81 bits per heavy atom. The lowest BCUT2D eigenvalue weighted by molar-refractivity contribution is -0.146. The van der Waals surface area contributed by atoms with Crippen LogP contribution in [0.25, 0.3) is 0 Å². The van der Waals surface area contributed by atoms with Gasteiger partial charge in [0.05, 0.1) is 5.41 Å². The molecule has 5 nitrogen and oxygen atoms in total. The molecule has 1 aliphatic rings. The third-order valence-corrected chi connectivity index (χ3v) is 3.18. The number of Topliss-reactive ketones (excluding diaryl/α,β-unsaturated/α-hetero) is 1. The van der Waals surface area contributed by atoms with Crippen LogP contribution in [0.4, 0.5) is 0 Å². The van der Waals surface area contributed by atoms with Crippen LogP contribution in [0.15, 0.2) is 18.7 Å². The van der Waals surface area contributed by atoms with Gasteiger partial charge in [-0.3, -0.25) is 9.59 Å². The van der Waals surface area contributed by atoms with Crippen molar-refractivity contribution in [3.8, 4) is 0 Å². The van der Waals surface area contributed by atoms with Crippen molar-refractivity contribution in [2.45, 2.75) is 31.1 Å². The SMILES string of the molecule is O=C1CCC(C(=O)O)(c2cncnc2)CC1. The zero-order valence-corrected chi connectivity index (χ0v) is 8.72. The van der Waals surface area contributed by atoms with Gasteiger partial charge in [0.25, 0.3) is 0 Å². The van der Waals surface area contributed by atoms with Crippen LogP contribution in [-0.2, 0) is 15.0 Å². The second-order valence-electron chi connectivity index (χ2n) is 4.05. The van der Waals surface area contributed by atoms with Crippen LogP contribution in [0, 0.1) is 0 Å². The van der Waals surface area contributed by atoms with E-state index in [0.717, 1.165) is 0 Å². The maximum Gasteiger partial charge on any atom is 0.314 e. The summed E-state index contributed by atoms with van der Waals surface area (Å²) in [7, 11) is 0. The minimum absolute atomic E-state index is 0.133. The van der Waals surface area contributed by atoms with Gasteiger partial charge in [-0.25, -0.2) is 9.97 Å². The summed E-state index contributed by atoms with van der Waals surface area (Å²) in [5.74, 6) is -0.761. The number of carbonyl (C=O) groups is 2. The molecule has 1 heterocycles. The first kappa shape index (κ1) is 10.7. The molecule has 1 aliphatic carbocycles. The molecular weight excluding hydrogens is 208 g/mol. The van der Waals surface area contributed by atoms with Crippen LogP contribution in [0.2, 0.25) is 0 Å². The van der Waals surface area contributed by atoms with E-state index in [2.05, 4.69) is 9.97 Å². The molecule has 0 aliphatic heterocycles. The van der Waals surface area contributed by atoms with Gasteiger partial charge in [0.2, 0.25) is 0 Å². The first-order valence-corrected chi connectivity index (χ1v) is 5.16. The van der Waals surface area contributed by atoms with Crippen molar-refractivity contribution in [3.63, 3.8) is 0 Å². The Labute approximate surface area is 92.5 Å². The summed E-state index contributed by atoms with van der Waals surface area (Å²) in [4.78, 5) is 30.3. The topological polar surface area (TPSA) is 80.2 Å². The lowest BCUT2D eigenvalue weighted by atomic mass is 9.70. The molecule has 1 aromatic heterocycles. The zero-order chi connectivity index (χ0) is 11.6. The van der Waals surface area contributed by atoms with E-state index < -0.39 is 11.4 Å². The van der Waals surface area contributed by atoms with E-state index in [9.17, 15) is 14.7 Å². The minimum Gasteiger partial charge on any atom is -0.481 e. The number of ketones is 1. The van der Waals surface area contributed by atoms with Crippen LogP contribution in [0.5, 0.6) is 0 Å². The molecule has 2 rings (SSSR count). The van der Waals surface area contributed by atoms with Crippen LogP contribution in [0.1, 0.15) is 31.2 Å². The van der Waals surface area contributed by atoms with Gasteiger partial charge in [-0.05, 0) is 12.8 Å². The second-order valence-corrected chi connectivity index (χ2v) is 4.05. The number of hydrogen-bond donors (Lipinski definition) is 1. The highest BCUT2D eigenvalue weighted by molar-refractivity contribution is 5.87. The molecule has 0 unspecified atom stereocenters. The smallest absolute Gasteiger partial charge is 0.314 e. The maximum atomic E-state index is 11.4. The molecule has 0 saturated heterocycles. The fourth-order valence-corrected chi connectivity index (χ4v) is 2.13. The van der Waals surface area contributed by atoms with Crippen molar-refractivity contribution in [2.24, 2.45) is 0 Å². The van der Waals surface area contributed by atoms with Crippen molar-refractivity contribution in [2.75, 3.05) is 0 Å². The van der Waals surface area contributed by atoms with Gasteiger partial charge in [-0.15, -0.1) is 0 Å². The normalized spacial score (nSPS) is 19.4. The Morgan fingerprint density at radius 3 is 2.31 bits per heavy atom. The van der Waals surface area contributed by atoms with E-state index in [4.69, 9.17) is 0 Å². The molecule has 84 valence electrons. The third-order valence-electron chi connectivity index (χ3n) is 3.18. The highest BCUT2D eigenvalue weighted by Gasteiger charge is 2.43. The Kier molecular flexibility index (Phi) is 2.68. The summed E-state index contributed by atoms with van der Waals surface area (Å²) in [6.45, 7) is 0. The van der Waals surface area contributed by atoms with Gasteiger partial charge < -0.3 is 5.11 Å². The number of hydrogen-bond acceptors (Lipinski definition) is 4. The Morgan fingerprint density at radius 1 is 1.25 bits per heavy atom. The molecule has 16 heavy (non-hydrogen) atoms. The van der Waals surface area contributed by atoms with Crippen molar-refractivity contribution in [1.29, 1.82) is 0 Å². The van der Waals surface area contributed by atoms with Crippen LogP contribution >= 0.6 is 0 Å². The summed E-state index contributed by atoms with van der Waals surface area (Å²) in [6.07, 6.45) is 5.74. The van der Waals surface area contributed by atoms with E-state index in [1.807, 2.05) is 0 Å². The zero-order valence-electron chi connectivity index (χ0n) is 8.72. The van der Waals surface area contributed by atoms with Crippen LogP contribution < -0.4 is 0 Å². The number of aliphatic carboxylic acids is 1. The average Bonchev–Trinajstić information content (AvgIpc) is 2.31. The van der Waals surface area contributed by atoms with Gasteiger partial charge in [0.15, 0.2) is 0 Å². The number of carboxylic acids is 1. The predicted octanol–water partition coefficient (Wildman–Crippen LogP) is 0.942. The fraction of sp³-hybridized carbons (Fsp3) is 0.455. The molecular formula is C11H12N2O3. The summed E-state index contributed by atoms with van der Waals surface area (Å²) < 4.78 is 0. The molecule has 1 aromatic rings. The van der Waals surface area contributed by atoms with E-state index in [1.54, 1.807) is 0 Å². The molecule has 1 saturated carbocycles. The average molecular weight is 220 g/mol. The van der Waals surface area contributed by atoms with Crippen molar-refractivity contribution >= 4 is 11.8 Å². The quantitative estimate of drug-likeness (QED) is 0.802. The summed E-state index contributed by atoms with van der Waals surface area (Å²) in [5.41, 5.74) is -0.384. The lowest BCUT2D eigenvalue weighted by Gasteiger charge is -2.32. The predicted molar refractivity (Wildman–Crippen MR) is 54.8 cm³/mol. The van der Waals surface area contributed by atoms with Crippen molar-refractivity contribution < 1.29 is 14.7 Å². The number of aromatic nitrogens is 2. The number of carboxylic acid groups (broad SMARTS) is 1. The molecule has 0 aromatic carbocycles. The molecule has 0 bridgehead atoms. The summed E-state index contributed by atoms with van der Waals surface area (Å²) >= 11 is 0. The second kappa shape index (κ2) is 4.00. The summed E-state index contributed by atoms with van der Waals surface area (Å²) in [5, 5.41) is 9.36. The largest absolute Gasteiger partial charge is 0.481 e. The van der Waals surface area contributed by atoms with Gasteiger partial charge >= 0.3 is 5.97 Å². The third kappa shape index (κ3) is 1.68. The standard InChI is InChI=1S/C11H12N2O3/c14-9-1-3-11(4-2-9,10(15)16)8-5-12-7-13-6-8/h5-7H,1-4H2,(H,15,16). The Balaban J connectivity index is 2.37. The van der Waals surface area contributed by atoms with Crippen molar-refractivity contribution in [1.82, 2.24) is 9.97 Å². The molecule has 0 radical (unpaired) electrons. The fourth-order valence-electron chi connectivity index (χ4n) is 2.13. The maximum absolute atomic E-state index is 11.4. The first-order valence-electron chi connectivity index (χ1n) is 5.16. The van der Waals surface area contributed by atoms with E-state index in [0.29, 0.717) is 31.2 Å². The van der Waals surface area contributed by atoms with Gasteiger partial charge in [-0.1, -0.05) is 0 Å². The van der Waals surface area contributed by atoms with E-state index in [1.165, 1.54) is 18.7 Å². The van der Waals surface area contributed by atoms with Crippen LogP contribution in [-0.4, -0.2) is 26.8 Å².